The molecular formula is C28H28FN5O4. The molecule has 1 aromatic heterocycles. The summed E-state index contributed by atoms with van der Waals surface area (Å²) in [7, 11) is 1.53. The van der Waals surface area contributed by atoms with Crippen molar-refractivity contribution >= 4 is 28.5 Å². The van der Waals surface area contributed by atoms with Crippen LogP contribution in [0.5, 0.6) is 5.75 Å². The van der Waals surface area contributed by atoms with Gasteiger partial charge in [0.25, 0.3) is 0 Å². The van der Waals surface area contributed by atoms with Gasteiger partial charge in [-0.2, -0.15) is 0 Å². The number of benzene rings is 3. The Morgan fingerprint density at radius 1 is 1.16 bits per heavy atom. The summed E-state index contributed by atoms with van der Waals surface area (Å²) in [5.41, 5.74) is 2.23. The Morgan fingerprint density at radius 2 is 1.97 bits per heavy atom. The maximum atomic E-state index is 14.0. The van der Waals surface area contributed by atoms with E-state index in [0.29, 0.717) is 41.2 Å². The molecule has 1 aliphatic heterocycles. The zero-order chi connectivity index (χ0) is 26.5. The van der Waals surface area contributed by atoms with Crippen molar-refractivity contribution in [1.82, 2.24) is 20.3 Å². The smallest absolute Gasteiger partial charge is 0.249 e. The molecule has 38 heavy (non-hydrogen) atoms. The van der Waals surface area contributed by atoms with Crippen LogP contribution in [0.25, 0.3) is 11.0 Å². The van der Waals surface area contributed by atoms with Crippen LogP contribution in [0.3, 0.4) is 0 Å². The van der Waals surface area contributed by atoms with E-state index in [2.05, 4.69) is 15.6 Å². The molecule has 196 valence electrons. The molecule has 0 bridgehead atoms. The van der Waals surface area contributed by atoms with E-state index >= 15 is 0 Å². The van der Waals surface area contributed by atoms with Crippen molar-refractivity contribution in [2.75, 3.05) is 25.2 Å². The molecule has 0 aliphatic carbocycles. The van der Waals surface area contributed by atoms with E-state index in [-0.39, 0.29) is 12.6 Å². The van der Waals surface area contributed by atoms with Gasteiger partial charge in [0.15, 0.2) is 0 Å². The second-order valence-corrected chi connectivity index (χ2v) is 9.04. The third kappa shape index (κ3) is 5.50. The van der Waals surface area contributed by atoms with Crippen LogP contribution in [0, 0.1) is 5.82 Å². The van der Waals surface area contributed by atoms with E-state index in [9.17, 15) is 14.0 Å². The number of fused-ring (bicyclic) bond motifs is 1. The number of nitrogens with one attached hydrogen (secondary N) is 1. The molecule has 1 aliphatic rings. The van der Waals surface area contributed by atoms with Crippen LogP contribution in [0.15, 0.2) is 72.8 Å². The second-order valence-electron chi connectivity index (χ2n) is 9.04. The Hall–Kier alpha value is -4.31. The highest BCUT2D eigenvalue weighted by Crippen LogP contribution is 2.31. The molecule has 1 N–H and O–H groups in total. The van der Waals surface area contributed by atoms with Crippen LogP contribution in [-0.4, -0.2) is 53.2 Å². The molecule has 2 atom stereocenters. The number of ether oxygens (including phenoxy) is 2. The van der Waals surface area contributed by atoms with E-state index in [1.54, 1.807) is 30.3 Å². The number of hydrogen-bond donors (Lipinski definition) is 1. The SMILES string of the molecule is COc1cccc([C@@H](C(=O)NC[C@@H]2CCCO2)N(C(=O)Cn2nnc3ccccc32)c2ccc(F)cc2)c1. The summed E-state index contributed by atoms with van der Waals surface area (Å²) in [5, 5.41) is 11.2. The van der Waals surface area contributed by atoms with Crippen molar-refractivity contribution in [1.29, 1.82) is 0 Å². The number of nitrogens with zero attached hydrogens (tertiary/aromatic N) is 4. The van der Waals surface area contributed by atoms with Crippen LogP contribution >= 0.6 is 0 Å². The Morgan fingerprint density at radius 3 is 2.74 bits per heavy atom. The molecule has 3 aromatic carbocycles. The third-order valence-corrected chi connectivity index (χ3v) is 6.52. The van der Waals surface area contributed by atoms with Crippen molar-refractivity contribution in [3.63, 3.8) is 0 Å². The number of aromatic nitrogens is 3. The Labute approximate surface area is 219 Å². The average molecular weight is 518 g/mol. The summed E-state index contributed by atoms with van der Waals surface area (Å²) < 4.78 is 26.4. The molecule has 0 saturated carbocycles. The summed E-state index contributed by atoms with van der Waals surface area (Å²) in [4.78, 5) is 29.1. The molecule has 2 heterocycles. The fourth-order valence-electron chi connectivity index (χ4n) is 4.62. The van der Waals surface area contributed by atoms with Crippen molar-refractivity contribution in [2.45, 2.75) is 31.5 Å². The molecule has 10 heteroatoms. The molecular weight excluding hydrogens is 489 g/mol. The lowest BCUT2D eigenvalue weighted by atomic mass is 10.0. The lowest BCUT2D eigenvalue weighted by Crippen LogP contribution is -2.46. The minimum absolute atomic E-state index is 0.0820. The monoisotopic (exact) mass is 517 g/mol. The molecule has 0 unspecified atom stereocenters. The fraction of sp³-hybridized carbons (Fsp3) is 0.286. The number of rotatable bonds is 9. The second kappa shape index (κ2) is 11.4. The molecule has 9 nitrogen and oxygen atoms in total. The average Bonchev–Trinajstić information content (AvgIpc) is 3.61. The summed E-state index contributed by atoms with van der Waals surface area (Å²) in [6, 6.07) is 18.7. The van der Waals surface area contributed by atoms with Gasteiger partial charge in [-0.3, -0.25) is 14.5 Å². The maximum Gasteiger partial charge on any atom is 0.249 e. The van der Waals surface area contributed by atoms with Crippen LogP contribution in [0.1, 0.15) is 24.4 Å². The first-order valence-electron chi connectivity index (χ1n) is 12.4. The number of carbonyl (C=O) groups excluding carboxylic acids is 2. The highest BCUT2D eigenvalue weighted by molar-refractivity contribution is 6.01. The zero-order valence-corrected chi connectivity index (χ0v) is 20.9. The van der Waals surface area contributed by atoms with Gasteiger partial charge in [0.05, 0.1) is 18.7 Å². The highest BCUT2D eigenvalue weighted by atomic mass is 19.1. The van der Waals surface area contributed by atoms with Gasteiger partial charge in [0.1, 0.15) is 29.7 Å². The normalized spacial score (nSPS) is 15.8. The van der Waals surface area contributed by atoms with Crippen molar-refractivity contribution in [3.05, 3.63) is 84.2 Å². The van der Waals surface area contributed by atoms with E-state index in [1.807, 2.05) is 18.2 Å². The van der Waals surface area contributed by atoms with E-state index in [1.165, 1.54) is 41.0 Å². The topological polar surface area (TPSA) is 98.6 Å². The van der Waals surface area contributed by atoms with Gasteiger partial charge in [-0.05, 0) is 66.9 Å². The van der Waals surface area contributed by atoms with Crippen molar-refractivity contribution in [3.8, 4) is 5.75 Å². The Bertz CT molecular complexity index is 1420. The standard InChI is InChI=1S/C28H28FN5O4/c1-37-22-7-4-6-19(16-22)27(28(36)30-17-23-8-5-15-38-23)34(21-13-11-20(29)12-14-21)26(35)18-33-25-10-3-2-9-24(25)31-32-33/h2-4,6-7,9-14,16,23,27H,5,8,15,17-18H2,1H3,(H,30,36)/t23-,27-/m0/s1. The number of anilines is 1. The van der Waals surface area contributed by atoms with Gasteiger partial charge in [-0.25, -0.2) is 9.07 Å². The number of amides is 2. The van der Waals surface area contributed by atoms with Gasteiger partial charge in [-0.1, -0.05) is 29.5 Å². The number of hydrogen-bond acceptors (Lipinski definition) is 6. The summed E-state index contributed by atoms with van der Waals surface area (Å²) in [6.45, 7) is 0.793. The summed E-state index contributed by atoms with van der Waals surface area (Å²) in [5.74, 6) is -0.736. The van der Waals surface area contributed by atoms with E-state index in [0.717, 1.165) is 12.8 Å². The van der Waals surface area contributed by atoms with Gasteiger partial charge >= 0.3 is 0 Å². The minimum Gasteiger partial charge on any atom is -0.497 e. The predicted molar refractivity (Wildman–Crippen MR) is 139 cm³/mol. The van der Waals surface area contributed by atoms with Crippen LogP contribution in [0.2, 0.25) is 0 Å². The number of halogens is 1. The summed E-state index contributed by atoms with van der Waals surface area (Å²) in [6.07, 6.45) is 1.71. The molecule has 2 amide bonds. The zero-order valence-electron chi connectivity index (χ0n) is 20.9. The van der Waals surface area contributed by atoms with Gasteiger partial charge in [0.2, 0.25) is 11.8 Å². The summed E-state index contributed by atoms with van der Waals surface area (Å²) >= 11 is 0. The molecule has 1 fully saturated rings. The largest absolute Gasteiger partial charge is 0.497 e. The third-order valence-electron chi connectivity index (χ3n) is 6.52. The lowest BCUT2D eigenvalue weighted by molar-refractivity contribution is -0.127. The minimum atomic E-state index is -1.07. The molecule has 0 radical (unpaired) electrons. The fourth-order valence-corrected chi connectivity index (χ4v) is 4.62. The number of para-hydroxylation sites is 1. The highest BCUT2D eigenvalue weighted by Gasteiger charge is 2.34. The van der Waals surface area contributed by atoms with Crippen LogP contribution in [0.4, 0.5) is 10.1 Å². The van der Waals surface area contributed by atoms with Crippen molar-refractivity contribution < 1.29 is 23.5 Å². The van der Waals surface area contributed by atoms with Crippen molar-refractivity contribution in [2.24, 2.45) is 0 Å². The lowest BCUT2D eigenvalue weighted by Gasteiger charge is -2.32. The molecule has 4 aromatic rings. The number of carbonyl (C=O) groups is 2. The first kappa shape index (κ1) is 25.3. The van der Waals surface area contributed by atoms with Crippen LogP contribution in [-0.2, 0) is 20.9 Å². The first-order valence-corrected chi connectivity index (χ1v) is 12.4. The number of methoxy groups -OCH3 is 1. The van der Waals surface area contributed by atoms with Gasteiger partial charge in [0, 0.05) is 18.8 Å². The Balaban J connectivity index is 1.54. The van der Waals surface area contributed by atoms with Crippen LogP contribution < -0.4 is 15.0 Å². The molecule has 5 rings (SSSR count). The van der Waals surface area contributed by atoms with E-state index in [4.69, 9.17) is 9.47 Å². The quantitative estimate of drug-likeness (QED) is 0.364. The van der Waals surface area contributed by atoms with Gasteiger partial charge < -0.3 is 14.8 Å². The molecule has 1 saturated heterocycles. The maximum absolute atomic E-state index is 14.0. The van der Waals surface area contributed by atoms with E-state index < -0.39 is 23.7 Å². The predicted octanol–water partition coefficient (Wildman–Crippen LogP) is 3.65. The van der Waals surface area contributed by atoms with Gasteiger partial charge in [-0.15, -0.1) is 5.10 Å². The Kier molecular flexibility index (Phi) is 7.60. The first-order chi connectivity index (χ1) is 18.5. The molecule has 0 spiro atoms.